The summed E-state index contributed by atoms with van der Waals surface area (Å²) in [6.07, 6.45) is 2.37. The molecule has 2 aromatic heterocycles. The third-order valence-corrected chi connectivity index (χ3v) is 6.26. The standard InChI is InChI=1S/C25H23ClN2O3S/c1-16(29)30-9-7-18-4-2-3-5-23(18)31-15-17-10-21(19-6-8-28-20(12-19)14-27)22-13-25(26)32-24(22)11-17/h2-6,8,10-13H,7,9,14-15,27H2,1H3. The lowest BCUT2D eigenvalue weighted by atomic mass is 9.99. The van der Waals surface area contributed by atoms with Gasteiger partial charge in [0, 0.05) is 36.2 Å². The molecule has 0 fully saturated rings. The van der Waals surface area contributed by atoms with Gasteiger partial charge in [-0.3, -0.25) is 9.78 Å². The average Bonchev–Trinajstić information content (AvgIpc) is 3.17. The van der Waals surface area contributed by atoms with Crippen molar-refractivity contribution in [3.8, 4) is 16.9 Å². The van der Waals surface area contributed by atoms with Gasteiger partial charge in [-0.1, -0.05) is 29.8 Å². The van der Waals surface area contributed by atoms with Crippen molar-refractivity contribution in [2.75, 3.05) is 6.61 Å². The van der Waals surface area contributed by atoms with Crippen molar-refractivity contribution >= 4 is 39.0 Å². The van der Waals surface area contributed by atoms with Crippen LogP contribution in [-0.2, 0) is 29.1 Å². The third kappa shape index (κ3) is 5.27. The van der Waals surface area contributed by atoms with E-state index >= 15 is 0 Å². The number of nitrogens with zero attached hydrogens (tertiary/aromatic N) is 1. The summed E-state index contributed by atoms with van der Waals surface area (Å²) in [6.45, 7) is 2.52. The number of fused-ring (bicyclic) bond motifs is 1. The lowest BCUT2D eigenvalue weighted by Crippen LogP contribution is -2.05. The van der Waals surface area contributed by atoms with E-state index in [9.17, 15) is 4.79 Å². The van der Waals surface area contributed by atoms with Gasteiger partial charge in [0.1, 0.15) is 12.4 Å². The van der Waals surface area contributed by atoms with E-state index in [0.717, 1.165) is 48.1 Å². The van der Waals surface area contributed by atoms with Crippen LogP contribution >= 0.6 is 22.9 Å². The summed E-state index contributed by atoms with van der Waals surface area (Å²) in [5.74, 6) is 0.493. The quantitative estimate of drug-likeness (QED) is 0.334. The molecule has 0 aliphatic rings. The van der Waals surface area contributed by atoms with Crippen LogP contribution in [0.25, 0.3) is 21.2 Å². The van der Waals surface area contributed by atoms with Crippen LogP contribution in [0.15, 0.2) is 60.8 Å². The summed E-state index contributed by atoms with van der Waals surface area (Å²) in [4.78, 5) is 15.4. The molecule has 0 amide bonds. The Morgan fingerprint density at radius 2 is 2.00 bits per heavy atom. The van der Waals surface area contributed by atoms with E-state index in [1.54, 1.807) is 17.5 Å². The second kappa shape index (κ2) is 10.1. The number of hydrogen-bond donors (Lipinski definition) is 1. The molecule has 0 bridgehead atoms. The first kappa shape index (κ1) is 22.3. The Kier molecular flexibility index (Phi) is 7.05. The van der Waals surface area contributed by atoms with Crippen LogP contribution in [-0.4, -0.2) is 17.6 Å². The van der Waals surface area contributed by atoms with E-state index in [2.05, 4.69) is 17.1 Å². The van der Waals surface area contributed by atoms with Crippen molar-refractivity contribution in [1.82, 2.24) is 4.98 Å². The van der Waals surface area contributed by atoms with E-state index in [1.165, 1.54) is 6.92 Å². The Morgan fingerprint density at radius 3 is 2.81 bits per heavy atom. The molecule has 4 aromatic rings. The number of thiophene rings is 1. The van der Waals surface area contributed by atoms with Crippen LogP contribution in [0.3, 0.4) is 0 Å². The number of aromatic nitrogens is 1. The molecule has 2 N–H and O–H groups in total. The average molecular weight is 467 g/mol. The topological polar surface area (TPSA) is 74.4 Å². The smallest absolute Gasteiger partial charge is 0.302 e. The lowest BCUT2D eigenvalue weighted by Gasteiger charge is -2.13. The van der Waals surface area contributed by atoms with Crippen LogP contribution in [0, 0.1) is 0 Å². The van der Waals surface area contributed by atoms with Crippen molar-refractivity contribution in [1.29, 1.82) is 0 Å². The van der Waals surface area contributed by atoms with Crippen molar-refractivity contribution in [2.45, 2.75) is 26.5 Å². The van der Waals surface area contributed by atoms with Gasteiger partial charge in [0.15, 0.2) is 0 Å². The molecule has 0 saturated carbocycles. The number of ether oxygens (including phenoxy) is 2. The minimum Gasteiger partial charge on any atom is -0.489 e. The first-order chi connectivity index (χ1) is 15.5. The Balaban J connectivity index is 1.61. The van der Waals surface area contributed by atoms with Gasteiger partial charge < -0.3 is 15.2 Å². The number of carbonyl (C=O) groups excluding carboxylic acids is 1. The number of carbonyl (C=O) groups is 1. The number of rotatable bonds is 8. The minimum atomic E-state index is -0.284. The number of benzene rings is 2. The number of pyridine rings is 1. The van der Waals surface area contributed by atoms with Gasteiger partial charge in [0.25, 0.3) is 0 Å². The molecule has 0 unspecified atom stereocenters. The number of esters is 1. The third-order valence-electron chi connectivity index (χ3n) is 5.05. The Hall–Kier alpha value is -2.93. The number of halogens is 1. The number of para-hydroxylation sites is 1. The fraction of sp³-hybridized carbons (Fsp3) is 0.200. The maximum atomic E-state index is 11.1. The van der Waals surface area contributed by atoms with Crippen molar-refractivity contribution in [3.63, 3.8) is 0 Å². The zero-order chi connectivity index (χ0) is 22.5. The SMILES string of the molecule is CC(=O)OCCc1ccccc1OCc1cc(-c2ccnc(CN)c2)c2cc(Cl)sc2c1. The van der Waals surface area contributed by atoms with Crippen LogP contribution < -0.4 is 10.5 Å². The fourth-order valence-corrected chi connectivity index (χ4v) is 4.80. The van der Waals surface area contributed by atoms with E-state index in [-0.39, 0.29) is 5.97 Å². The van der Waals surface area contributed by atoms with Gasteiger partial charge in [-0.25, -0.2) is 0 Å². The minimum absolute atomic E-state index is 0.284. The largest absolute Gasteiger partial charge is 0.489 e. The Bertz CT molecular complexity index is 1260. The Labute approximate surface area is 195 Å². The van der Waals surface area contributed by atoms with Crippen molar-refractivity contribution in [2.24, 2.45) is 5.73 Å². The molecule has 164 valence electrons. The Morgan fingerprint density at radius 1 is 1.16 bits per heavy atom. The van der Waals surface area contributed by atoms with E-state index in [0.29, 0.717) is 26.2 Å². The number of hydrogen-bond acceptors (Lipinski definition) is 6. The summed E-state index contributed by atoms with van der Waals surface area (Å²) in [6, 6.07) is 18.0. The molecule has 0 aliphatic carbocycles. The molecule has 0 atom stereocenters. The highest BCUT2D eigenvalue weighted by molar-refractivity contribution is 7.22. The highest BCUT2D eigenvalue weighted by atomic mass is 35.5. The summed E-state index contributed by atoms with van der Waals surface area (Å²) in [5.41, 5.74) is 10.8. The molecule has 5 nitrogen and oxygen atoms in total. The molecule has 0 radical (unpaired) electrons. The second-order valence-electron chi connectivity index (χ2n) is 7.33. The van der Waals surface area contributed by atoms with E-state index < -0.39 is 0 Å². The molecule has 2 aromatic carbocycles. The highest BCUT2D eigenvalue weighted by Crippen LogP contribution is 2.38. The van der Waals surface area contributed by atoms with Gasteiger partial charge in [-0.15, -0.1) is 11.3 Å². The zero-order valence-electron chi connectivity index (χ0n) is 17.6. The molecular formula is C25H23ClN2O3S. The van der Waals surface area contributed by atoms with Gasteiger partial charge in [-0.2, -0.15) is 0 Å². The lowest BCUT2D eigenvalue weighted by molar-refractivity contribution is -0.140. The summed E-state index contributed by atoms with van der Waals surface area (Å²) >= 11 is 7.88. The highest BCUT2D eigenvalue weighted by Gasteiger charge is 2.12. The summed E-state index contributed by atoms with van der Waals surface area (Å²) in [5, 5.41) is 1.10. The molecule has 0 aliphatic heterocycles. The van der Waals surface area contributed by atoms with Gasteiger partial charge in [0.05, 0.1) is 16.6 Å². The van der Waals surface area contributed by atoms with Crippen molar-refractivity contribution in [3.05, 3.63) is 82.0 Å². The molecular weight excluding hydrogens is 444 g/mol. The van der Waals surface area contributed by atoms with Gasteiger partial charge in [0.2, 0.25) is 0 Å². The second-order valence-corrected chi connectivity index (χ2v) is 9.05. The molecule has 32 heavy (non-hydrogen) atoms. The van der Waals surface area contributed by atoms with E-state index in [4.69, 9.17) is 26.8 Å². The van der Waals surface area contributed by atoms with Crippen molar-refractivity contribution < 1.29 is 14.3 Å². The number of nitrogens with two attached hydrogens (primary N) is 1. The zero-order valence-corrected chi connectivity index (χ0v) is 19.2. The van der Waals surface area contributed by atoms with Gasteiger partial charge >= 0.3 is 5.97 Å². The molecule has 2 heterocycles. The molecule has 0 spiro atoms. The van der Waals surface area contributed by atoms with Crippen LogP contribution in [0.2, 0.25) is 4.34 Å². The van der Waals surface area contributed by atoms with Crippen LogP contribution in [0.1, 0.15) is 23.7 Å². The van der Waals surface area contributed by atoms with Gasteiger partial charge in [-0.05, 0) is 58.7 Å². The van der Waals surface area contributed by atoms with Crippen LogP contribution in [0.4, 0.5) is 0 Å². The first-order valence-electron chi connectivity index (χ1n) is 10.2. The predicted octanol–water partition coefficient (Wildman–Crippen LogP) is 5.76. The first-order valence-corrected chi connectivity index (χ1v) is 11.4. The monoisotopic (exact) mass is 466 g/mol. The maximum absolute atomic E-state index is 11.1. The van der Waals surface area contributed by atoms with Crippen LogP contribution in [0.5, 0.6) is 5.75 Å². The molecule has 4 rings (SSSR count). The normalized spacial score (nSPS) is 11.0. The molecule has 7 heteroatoms. The summed E-state index contributed by atoms with van der Waals surface area (Å²) < 4.78 is 13.1. The fourth-order valence-electron chi connectivity index (χ4n) is 3.56. The van der Waals surface area contributed by atoms with E-state index in [1.807, 2.05) is 42.5 Å². The predicted molar refractivity (Wildman–Crippen MR) is 129 cm³/mol. The summed E-state index contributed by atoms with van der Waals surface area (Å²) in [7, 11) is 0. The maximum Gasteiger partial charge on any atom is 0.302 e. The molecule has 0 saturated heterocycles.